The highest BCUT2D eigenvalue weighted by Gasteiger charge is 2.37. The van der Waals surface area contributed by atoms with Crippen molar-refractivity contribution >= 4 is 5.91 Å². The maximum absolute atomic E-state index is 11.6. The zero-order valence-electron chi connectivity index (χ0n) is 10.0. The normalized spacial score (nSPS) is 18.7. The molecule has 0 aliphatic heterocycles. The summed E-state index contributed by atoms with van der Waals surface area (Å²) < 4.78 is 0. The van der Waals surface area contributed by atoms with E-state index in [0.717, 1.165) is 25.8 Å². The third-order valence-corrected chi connectivity index (χ3v) is 3.43. The van der Waals surface area contributed by atoms with Gasteiger partial charge in [0.05, 0.1) is 0 Å². The maximum atomic E-state index is 11.6. The molecule has 3 nitrogen and oxygen atoms in total. The van der Waals surface area contributed by atoms with Gasteiger partial charge in [-0.05, 0) is 37.1 Å². The Morgan fingerprint density at radius 1 is 1.47 bits per heavy atom. The average Bonchev–Trinajstić information content (AvgIpc) is 2.11. The molecule has 0 heterocycles. The van der Waals surface area contributed by atoms with Crippen molar-refractivity contribution in [1.29, 1.82) is 0 Å². The van der Waals surface area contributed by atoms with Gasteiger partial charge in [0, 0.05) is 13.0 Å². The van der Waals surface area contributed by atoms with Crippen molar-refractivity contribution in [2.24, 2.45) is 17.1 Å². The molecule has 1 rings (SSSR count). The molecular weight excluding hydrogens is 188 g/mol. The van der Waals surface area contributed by atoms with E-state index in [1.807, 2.05) is 0 Å². The lowest BCUT2D eigenvalue weighted by atomic mass is 9.66. The van der Waals surface area contributed by atoms with Crippen molar-refractivity contribution in [2.75, 3.05) is 13.1 Å². The van der Waals surface area contributed by atoms with E-state index in [-0.39, 0.29) is 11.3 Å². The van der Waals surface area contributed by atoms with E-state index in [1.54, 1.807) is 0 Å². The van der Waals surface area contributed by atoms with Gasteiger partial charge in [-0.2, -0.15) is 0 Å². The molecule has 0 unspecified atom stereocenters. The van der Waals surface area contributed by atoms with E-state index < -0.39 is 0 Å². The van der Waals surface area contributed by atoms with Gasteiger partial charge in [-0.25, -0.2) is 0 Å². The predicted octanol–water partition coefficient (Wildman–Crippen LogP) is 1.67. The van der Waals surface area contributed by atoms with Crippen LogP contribution in [-0.4, -0.2) is 19.0 Å². The van der Waals surface area contributed by atoms with Gasteiger partial charge < -0.3 is 11.1 Å². The number of carbonyl (C=O) groups excluding carboxylic acids is 1. The second-order valence-electron chi connectivity index (χ2n) is 5.27. The number of rotatable bonds is 6. The molecule has 0 aromatic heterocycles. The molecule has 0 spiro atoms. The van der Waals surface area contributed by atoms with Crippen molar-refractivity contribution < 1.29 is 4.79 Å². The minimum absolute atomic E-state index is 0.141. The quantitative estimate of drug-likeness (QED) is 0.703. The highest BCUT2D eigenvalue weighted by atomic mass is 16.1. The molecule has 0 atom stereocenters. The Kier molecular flexibility index (Phi) is 4.58. The van der Waals surface area contributed by atoms with Crippen LogP contribution in [0.3, 0.4) is 0 Å². The molecule has 1 fully saturated rings. The minimum Gasteiger partial charge on any atom is -0.356 e. The summed E-state index contributed by atoms with van der Waals surface area (Å²) in [6.07, 6.45) is 5.17. The number of nitrogens with one attached hydrogen (secondary N) is 1. The highest BCUT2D eigenvalue weighted by molar-refractivity contribution is 5.76. The van der Waals surface area contributed by atoms with E-state index in [1.165, 1.54) is 6.42 Å². The van der Waals surface area contributed by atoms with E-state index in [2.05, 4.69) is 19.2 Å². The molecule has 0 bridgehead atoms. The Labute approximate surface area is 92.8 Å². The van der Waals surface area contributed by atoms with Gasteiger partial charge in [0.1, 0.15) is 0 Å². The molecule has 0 aromatic rings. The molecule has 3 heteroatoms. The monoisotopic (exact) mass is 212 g/mol. The van der Waals surface area contributed by atoms with Crippen molar-refractivity contribution in [2.45, 2.75) is 46.0 Å². The second-order valence-corrected chi connectivity index (χ2v) is 5.27. The first-order valence-electron chi connectivity index (χ1n) is 6.05. The van der Waals surface area contributed by atoms with Crippen LogP contribution in [-0.2, 0) is 4.79 Å². The third-order valence-electron chi connectivity index (χ3n) is 3.43. The Bertz CT molecular complexity index is 204. The van der Waals surface area contributed by atoms with Crippen LogP contribution in [0.1, 0.15) is 46.0 Å². The van der Waals surface area contributed by atoms with E-state index >= 15 is 0 Å². The molecular formula is C12H24N2O. The van der Waals surface area contributed by atoms with Crippen LogP contribution in [0.5, 0.6) is 0 Å². The molecule has 88 valence electrons. The number of nitrogens with two attached hydrogens (primary N) is 1. The van der Waals surface area contributed by atoms with Crippen molar-refractivity contribution in [1.82, 2.24) is 5.32 Å². The van der Waals surface area contributed by atoms with Crippen LogP contribution in [0.25, 0.3) is 0 Å². The fourth-order valence-corrected chi connectivity index (χ4v) is 2.03. The maximum Gasteiger partial charge on any atom is 0.220 e. The lowest BCUT2D eigenvalue weighted by Gasteiger charge is -2.40. The number of hydrogen-bond donors (Lipinski definition) is 2. The summed E-state index contributed by atoms with van der Waals surface area (Å²) in [4.78, 5) is 11.6. The first-order valence-corrected chi connectivity index (χ1v) is 6.05. The van der Waals surface area contributed by atoms with Crippen LogP contribution >= 0.6 is 0 Å². The number of amides is 1. The van der Waals surface area contributed by atoms with Crippen LogP contribution in [0.15, 0.2) is 0 Å². The molecule has 15 heavy (non-hydrogen) atoms. The van der Waals surface area contributed by atoms with E-state index in [4.69, 9.17) is 5.73 Å². The fraction of sp³-hybridized carbons (Fsp3) is 0.917. The number of hydrogen-bond acceptors (Lipinski definition) is 2. The molecule has 1 saturated carbocycles. The lowest BCUT2D eigenvalue weighted by Crippen LogP contribution is -2.42. The average molecular weight is 212 g/mol. The van der Waals surface area contributed by atoms with Crippen molar-refractivity contribution in [3.8, 4) is 0 Å². The summed E-state index contributed by atoms with van der Waals surface area (Å²) in [5, 5.41) is 2.98. The Morgan fingerprint density at radius 2 is 2.13 bits per heavy atom. The standard InChI is InChI=1S/C12H24N2O/c1-10(2)4-7-14-11(15)8-12(9-13)5-3-6-12/h10H,3-9,13H2,1-2H3,(H,14,15). The Morgan fingerprint density at radius 3 is 2.53 bits per heavy atom. The molecule has 1 amide bonds. The van der Waals surface area contributed by atoms with Gasteiger partial charge in [-0.1, -0.05) is 20.3 Å². The molecule has 0 radical (unpaired) electrons. The van der Waals surface area contributed by atoms with Gasteiger partial charge in [-0.3, -0.25) is 4.79 Å². The SMILES string of the molecule is CC(C)CCNC(=O)CC1(CN)CCC1. The van der Waals surface area contributed by atoms with E-state index in [9.17, 15) is 4.79 Å². The number of carbonyl (C=O) groups is 1. The molecule has 0 aromatic carbocycles. The van der Waals surface area contributed by atoms with Crippen LogP contribution in [0, 0.1) is 11.3 Å². The summed E-state index contributed by atoms with van der Waals surface area (Å²) in [5.74, 6) is 0.832. The Hall–Kier alpha value is -0.570. The molecule has 1 aliphatic rings. The minimum atomic E-state index is 0.141. The van der Waals surface area contributed by atoms with Crippen molar-refractivity contribution in [3.63, 3.8) is 0 Å². The van der Waals surface area contributed by atoms with Gasteiger partial charge in [0.15, 0.2) is 0 Å². The van der Waals surface area contributed by atoms with Crippen LogP contribution < -0.4 is 11.1 Å². The first kappa shape index (κ1) is 12.5. The zero-order valence-corrected chi connectivity index (χ0v) is 10.0. The Balaban J connectivity index is 2.17. The smallest absolute Gasteiger partial charge is 0.220 e. The fourth-order valence-electron chi connectivity index (χ4n) is 2.03. The van der Waals surface area contributed by atoms with Crippen LogP contribution in [0.2, 0.25) is 0 Å². The summed E-state index contributed by atoms with van der Waals surface area (Å²) in [5.41, 5.74) is 5.85. The summed E-state index contributed by atoms with van der Waals surface area (Å²) in [6, 6.07) is 0. The first-order chi connectivity index (χ1) is 7.08. The summed E-state index contributed by atoms with van der Waals surface area (Å²) in [7, 11) is 0. The molecule has 1 aliphatic carbocycles. The third kappa shape index (κ3) is 3.82. The van der Waals surface area contributed by atoms with Gasteiger partial charge in [0.2, 0.25) is 5.91 Å². The summed E-state index contributed by atoms with van der Waals surface area (Å²) >= 11 is 0. The highest BCUT2D eigenvalue weighted by Crippen LogP contribution is 2.42. The topological polar surface area (TPSA) is 55.1 Å². The van der Waals surface area contributed by atoms with Gasteiger partial charge in [-0.15, -0.1) is 0 Å². The van der Waals surface area contributed by atoms with Crippen molar-refractivity contribution in [3.05, 3.63) is 0 Å². The predicted molar refractivity (Wildman–Crippen MR) is 62.4 cm³/mol. The zero-order chi connectivity index (χ0) is 11.3. The van der Waals surface area contributed by atoms with Gasteiger partial charge in [0.25, 0.3) is 0 Å². The van der Waals surface area contributed by atoms with E-state index in [0.29, 0.717) is 18.9 Å². The lowest BCUT2D eigenvalue weighted by molar-refractivity contribution is -0.124. The van der Waals surface area contributed by atoms with Crippen LogP contribution in [0.4, 0.5) is 0 Å². The summed E-state index contributed by atoms with van der Waals surface area (Å²) in [6.45, 7) is 5.79. The van der Waals surface area contributed by atoms with Gasteiger partial charge >= 0.3 is 0 Å². The largest absolute Gasteiger partial charge is 0.356 e. The molecule has 0 saturated heterocycles. The second kappa shape index (κ2) is 5.50. The molecule has 3 N–H and O–H groups in total.